The van der Waals surface area contributed by atoms with Crippen LogP contribution in [0.5, 0.6) is 5.75 Å². The van der Waals surface area contributed by atoms with Crippen LogP contribution in [0.25, 0.3) is 0 Å². The van der Waals surface area contributed by atoms with Crippen molar-refractivity contribution in [2.75, 3.05) is 0 Å². The van der Waals surface area contributed by atoms with Crippen LogP contribution in [0.4, 0.5) is 8.78 Å². The van der Waals surface area contributed by atoms with E-state index in [1.165, 1.54) is 12.1 Å². The van der Waals surface area contributed by atoms with Crippen molar-refractivity contribution >= 4 is 0 Å². The van der Waals surface area contributed by atoms with Crippen LogP contribution in [0.2, 0.25) is 0 Å². The molecule has 0 N–H and O–H groups in total. The summed E-state index contributed by atoms with van der Waals surface area (Å²) in [5, 5.41) is 0. The fraction of sp³-hybridized carbons (Fsp3) is 0.250. The molecule has 59 valence electrons. The zero-order chi connectivity index (χ0) is 8.27. The van der Waals surface area contributed by atoms with Gasteiger partial charge < -0.3 is 4.74 Å². The molecule has 3 heteroatoms. The highest BCUT2D eigenvalue weighted by Gasteiger charge is 2.02. The summed E-state index contributed by atoms with van der Waals surface area (Å²) in [5.74, 6) is 0.153. The van der Waals surface area contributed by atoms with Gasteiger partial charge in [0, 0.05) is 0 Å². The molecule has 0 bridgehead atoms. The van der Waals surface area contributed by atoms with Crippen LogP contribution >= 0.6 is 0 Å². The predicted octanol–water partition coefficient (Wildman–Crippen LogP) is 2.40. The van der Waals surface area contributed by atoms with Crippen molar-refractivity contribution in [3.8, 4) is 5.75 Å². The van der Waals surface area contributed by atoms with Gasteiger partial charge in [0.25, 0.3) is 0 Å². The van der Waals surface area contributed by atoms with E-state index in [2.05, 4.69) is 10.8 Å². The number of hydrogen-bond donors (Lipinski definition) is 0. The standard InChI is InChI=1S/C8H7F2O/c1-6-3-2-4-7(5-6)11-8(9)10/h3-5,8H,1H3. The molecule has 0 aromatic heterocycles. The Bertz CT molecular complexity index is 235. The molecule has 0 aliphatic heterocycles. The number of alkyl halides is 2. The summed E-state index contributed by atoms with van der Waals surface area (Å²) >= 11 is 0. The third-order valence-electron chi connectivity index (χ3n) is 1.13. The van der Waals surface area contributed by atoms with Crippen LogP contribution in [-0.4, -0.2) is 6.61 Å². The molecule has 0 fully saturated rings. The molecule has 0 saturated carbocycles. The molecule has 1 aromatic rings. The second-order valence-electron chi connectivity index (χ2n) is 2.12. The maximum atomic E-state index is 11.6. The first-order valence-electron chi connectivity index (χ1n) is 3.11. The van der Waals surface area contributed by atoms with E-state index in [4.69, 9.17) is 0 Å². The third-order valence-corrected chi connectivity index (χ3v) is 1.13. The first-order valence-corrected chi connectivity index (χ1v) is 3.11. The Labute approximate surface area is 63.6 Å². The molecular formula is C8H7F2O. The van der Waals surface area contributed by atoms with Crippen LogP contribution in [0.1, 0.15) is 5.56 Å². The first kappa shape index (κ1) is 7.98. The summed E-state index contributed by atoms with van der Waals surface area (Å²) < 4.78 is 27.4. The summed E-state index contributed by atoms with van der Waals surface area (Å²) in [5.41, 5.74) is 0.850. The zero-order valence-electron chi connectivity index (χ0n) is 5.97. The van der Waals surface area contributed by atoms with E-state index in [0.29, 0.717) is 0 Å². The van der Waals surface area contributed by atoms with Crippen molar-refractivity contribution < 1.29 is 13.5 Å². The van der Waals surface area contributed by atoms with Gasteiger partial charge in [0.2, 0.25) is 0 Å². The van der Waals surface area contributed by atoms with Crippen molar-refractivity contribution in [1.29, 1.82) is 0 Å². The summed E-state index contributed by atoms with van der Waals surface area (Å²) in [6, 6.07) is 7.27. The Morgan fingerprint density at radius 2 is 2.18 bits per heavy atom. The minimum atomic E-state index is -2.76. The summed E-state index contributed by atoms with van der Waals surface area (Å²) in [6.45, 7) is -0.973. The Balaban J connectivity index is 2.71. The van der Waals surface area contributed by atoms with Gasteiger partial charge in [0.15, 0.2) is 0 Å². The Morgan fingerprint density at radius 3 is 2.73 bits per heavy atom. The van der Waals surface area contributed by atoms with Gasteiger partial charge in [-0.25, -0.2) is 0 Å². The summed E-state index contributed by atoms with van der Waals surface area (Å²) in [4.78, 5) is 0. The number of rotatable bonds is 2. The number of benzene rings is 1. The van der Waals surface area contributed by atoms with E-state index in [0.717, 1.165) is 5.56 Å². The Kier molecular flexibility index (Phi) is 2.41. The van der Waals surface area contributed by atoms with Crippen LogP contribution in [0, 0.1) is 13.0 Å². The van der Waals surface area contributed by atoms with Crippen LogP contribution < -0.4 is 4.74 Å². The van der Waals surface area contributed by atoms with E-state index in [-0.39, 0.29) is 5.75 Å². The van der Waals surface area contributed by atoms with Crippen molar-refractivity contribution in [3.05, 3.63) is 29.8 Å². The molecule has 0 atom stereocenters. The van der Waals surface area contributed by atoms with Gasteiger partial charge in [0.05, 0.1) is 0 Å². The zero-order valence-corrected chi connectivity index (χ0v) is 5.97. The fourth-order valence-electron chi connectivity index (χ4n) is 0.734. The molecule has 0 aliphatic carbocycles. The lowest BCUT2D eigenvalue weighted by Gasteiger charge is -2.03. The lowest BCUT2D eigenvalue weighted by molar-refractivity contribution is -0.0498. The van der Waals surface area contributed by atoms with Crippen molar-refractivity contribution in [2.24, 2.45) is 0 Å². The fourth-order valence-corrected chi connectivity index (χ4v) is 0.734. The van der Waals surface area contributed by atoms with E-state index in [9.17, 15) is 8.78 Å². The molecule has 1 aromatic carbocycles. The average molecular weight is 157 g/mol. The van der Waals surface area contributed by atoms with E-state index < -0.39 is 6.61 Å². The Morgan fingerprint density at radius 1 is 1.45 bits per heavy atom. The van der Waals surface area contributed by atoms with Crippen molar-refractivity contribution in [3.63, 3.8) is 0 Å². The lowest BCUT2D eigenvalue weighted by atomic mass is 10.2. The lowest BCUT2D eigenvalue weighted by Crippen LogP contribution is -2.01. The monoisotopic (exact) mass is 157 g/mol. The predicted molar refractivity (Wildman–Crippen MR) is 36.6 cm³/mol. The largest absolute Gasteiger partial charge is 0.435 e. The van der Waals surface area contributed by atoms with E-state index >= 15 is 0 Å². The number of halogens is 2. The summed E-state index contributed by atoms with van der Waals surface area (Å²) in [6.07, 6.45) is 0. The SMILES string of the molecule is Cc1c[c]cc(OC(F)F)c1. The van der Waals surface area contributed by atoms with Crippen LogP contribution in [0.3, 0.4) is 0 Å². The topological polar surface area (TPSA) is 9.23 Å². The highest BCUT2D eigenvalue weighted by atomic mass is 19.3. The maximum absolute atomic E-state index is 11.6. The normalized spacial score (nSPS) is 10.2. The minimum Gasteiger partial charge on any atom is -0.435 e. The molecule has 1 rings (SSSR count). The molecule has 1 nitrogen and oxygen atoms in total. The molecule has 0 spiro atoms. The average Bonchev–Trinajstić information content (AvgIpc) is 1.85. The molecule has 0 amide bonds. The van der Waals surface area contributed by atoms with Gasteiger partial charge in [-0.1, -0.05) is 6.07 Å². The van der Waals surface area contributed by atoms with Gasteiger partial charge in [-0.05, 0) is 30.7 Å². The van der Waals surface area contributed by atoms with Gasteiger partial charge in [0.1, 0.15) is 5.75 Å². The second-order valence-corrected chi connectivity index (χ2v) is 2.12. The van der Waals surface area contributed by atoms with Gasteiger partial charge in [-0.3, -0.25) is 0 Å². The van der Waals surface area contributed by atoms with Gasteiger partial charge >= 0.3 is 6.61 Å². The molecule has 0 saturated heterocycles. The molecule has 0 heterocycles. The van der Waals surface area contributed by atoms with Crippen molar-refractivity contribution in [2.45, 2.75) is 13.5 Å². The molecule has 11 heavy (non-hydrogen) atoms. The highest BCUT2D eigenvalue weighted by Crippen LogP contribution is 2.14. The van der Waals surface area contributed by atoms with Gasteiger partial charge in [-0.2, -0.15) is 8.78 Å². The molecule has 0 unspecified atom stereocenters. The second kappa shape index (κ2) is 3.32. The van der Waals surface area contributed by atoms with E-state index in [1.807, 2.05) is 0 Å². The highest BCUT2D eigenvalue weighted by molar-refractivity contribution is 5.26. The minimum absolute atomic E-state index is 0.153. The molecular weight excluding hydrogens is 150 g/mol. The summed E-state index contributed by atoms with van der Waals surface area (Å²) in [7, 11) is 0. The molecule has 0 aliphatic rings. The number of hydrogen-bond acceptors (Lipinski definition) is 1. The smallest absolute Gasteiger partial charge is 0.387 e. The first-order chi connectivity index (χ1) is 5.18. The molecule has 1 radical (unpaired) electrons. The van der Waals surface area contributed by atoms with E-state index in [1.54, 1.807) is 13.0 Å². The van der Waals surface area contributed by atoms with Gasteiger partial charge in [-0.15, -0.1) is 0 Å². The third kappa shape index (κ3) is 2.53. The number of aryl methyl sites for hydroxylation is 1. The number of ether oxygens (including phenoxy) is 1. The van der Waals surface area contributed by atoms with Crippen LogP contribution in [-0.2, 0) is 0 Å². The maximum Gasteiger partial charge on any atom is 0.387 e. The Hall–Kier alpha value is -1.12. The van der Waals surface area contributed by atoms with Crippen LogP contribution in [0.15, 0.2) is 18.2 Å². The van der Waals surface area contributed by atoms with Crippen molar-refractivity contribution in [1.82, 2.24) is 0 Å². The quantitative estimate of drug-likeness (QED) is 0.640.